The Hall–Kier alpha value is -2.01. The van der Waals surface area contributed by atoms with Crippen LogP contribution in [0.4, 0.5) is 0 Å². The molecule has 1 unspecified atom stereocenters. The fourth-order valence-electron chi connectivity index (χ4n) is 4.58. The quantitative estimate of drug-likeness (QED) is 0.599. The van der Waals surface area contributed by atoms with E-state index in [2.05, 4.69) is 30.2 Å². The Morgan fingerprint density at radius 1 is 1.44 bits per heavy atom. The molecule has 0 radical (unpaired) electrons. The van der Waals surface area contributed by atoms with Crippen LogP contribution in [-0.2, 0) is 21.5 Å². The molecular formula is C22H29NO4. The summed E-state index contributed by atoms with van der Waals surface area (Å²) in [5.41, 5.74) is 2.40. The molecule has 1 aromatic rings. The zero-order valence-corrected chi connectivity index (χ0v) is 16.7. The molecule has 4 atom stereocenters. The predicted octanol–water partition coefficient (Wildman–Crippen LogP) is 3.45. The number of nitrogens with zero attached hydrogens (tertiary/aromatic N) is 1. The topological polar surface area (TPSA) is 48.0 Å². The summed E-state index contributed by atoms with van der Waals surface area (Å²) in [6, 6.07) is 4.17. The summed E-state index contributed by atoms with van der Waals surface area (Å²) in [7, 11) is 3.85. The standard InChI is InChI=1S/C22H29NO4/c1-5-14(2)21(24)26-16-8-9-22-10-11-23(3)13-15-6-7-17(25-4)20(19(15)22)27-18(22)12-16/h6-9,14,16,18H,5,10-13H2,1-4H3/t14-,16+,18?,22+/m1/s1. The maximum atomic E-state index is 12.2. The summed E-state index contributed by atoms with van der Waals surface area (Å²) < 4.78 is 17.8. The molecule has 5 heteroatoms. The second-order valence-electron chi connectivity index (χ2n) is 8.15. The van der Waals surface area contributed by atoms with Gasteiger partial charge in [-0.2, -0.15) is 0 Å². The summed E-state index contributed by atoms with van der Waals surface area (Å²) in [6.45, 7) is 5.82. The van der Waals surface area contributed by atoms with Crippen LogP contribution in [0.1, 0.15) is 44.2 Å². The van der Waals surface area contributed by atoms with Crippen LogP contribution in [0.3, 0.4) is 0 Å². The van der Waals surface area contributed by atoms with E-state index in [1.165, 1.54) is 11.1 Å². The first kappa shape index (κ1) is 18.4. The molecule has 0 bridgehead atoms. The molecule has 0 saturated carbocycles. The van der Waals surface area contributed by atoms with Gasteiger partial charge < -0.3 is 19.1 Å². The van der Waals surface area contributed by atoms with Gasteiger partial charge in [-0.25, -0.2) is 0 Å². The molecule has 0 fully saturated rings. The number of methoxy groups -OCH3 is 1. The highest BCUT2D eigenvalue weighted by Gasteiger charge is 2.53. The first-order valence-electron chi connectivity index (χ1n) is 9.94. The van der Waals surface area contributed by atoms with Crippen LogP contribution in [0.25, 0.3) is 0 Å². The lowest BCUT2D eigenvalue weighted by Gasteiger charge is -2.37. The number of hydrogen-bond acceptors (Lipinski definition) is 5. The fourth-order valence-corrected chi connectivity index (χ4v) is 4.58. The monoisotopic (exact) mass is 371 g/mol. The number of carbonyl (C=O) groups is 1. The van der Waals surface area contributed by atoms with Crippen LogP contribution in [0, 0.1) is 5.92 Å². The van der Waals surface area contributed by atoms with Crippen molar-refractivity contribution in [3.63, 3.8) is 0 Å². The summed E-state index contributed by atoms with van der Waals surface area (Å²) in [4.78, 5) is 14.6. The van der Waals surface area contributed by atoms with Crippen molar-refractivity contribution in [2.45, 2.75) is 57.3 Å². The molecule has 2 heterocycles. The molecule has 0 aromatic heterocycles. The van der Waals surface area contributed by atoms with Crippen molar-refractivity contribution in [1.29, 1.82) is 0 Å². The first-order valence-corrected chi connectivity index (χ1v) is 9.94. The Kier molecular flexibility index (Phi) is 4.66. The van der Waals surface area contributed by atoms with Gasteiger partial charge >= 0.3 is 5.97 Å². The molecule has 1 aliphatic carbocycles. The Morgan fingerprint density at radius 2 is 2.26 bits per heavy atom. The Morgan fingerprint density at radius 3 is 3.00 bits per heavy atom. The molecule has 2 aliphatic heterocycles. The van der Waals surface area contributed by atoms with E-state index >= 15 is 0 Å². The molecular weight excluding hydrogens is 342 g/mol. The van der Waals surface area contributed by atoms with E-state index in [1.807, 2.05) is 19.9 Å². The number of rotatable bonds is 4. The third-order valence-corrected chi connectivity index (χ3v) is 6.41. The van der Waals surface area contributed by atoms with Gasteiger partial charge in [-0.15, -0.1) is 0 Å². The van der Waals surface area contributed by atoms with Crippen molar-refractivity contribution in [2.24, 2.45) is 5.92 Å². The van der Waals surface area contributed by atoms with Crippen molar-refractivity contribution in [3.05, 3.63) is 35.4 Å². The minimum atomic E-state index is -0.230. The lowest BCUT2D eigenvalue weighted by atomic mass is 9.69. The second-order valence-corrected chi connectivity index (χ2v) is 8.15. The van der Waals surface area contributed by atoms with Crippen LogP contribution >= 0.6 is 0 Å². The largest absolute Gasteiger partial charge is 0.493 e. The summed E-state index contributed by atoms with van der Waals surface area (Å²) in [5.74, 6) is 1.45. The van der Waals surface area contributed by atoms with Gasteiger partial charge in [-0.3, -0.25) is 4.79 Å². The smallest absolute Gasteiger partial charge is 0.309 e. The Bertz CT molecular complexity index is 774. The van der Waals surface area contributed by atoms with Gasteiger partial charge in [0.2, 0.25) is 0 Å². The molecule has 0 N–H and O–H groups in total. The van der Waals surface area contributed by atoms with Crippen molar-refractivity contribution in [1.82, 2.24) is 4.90 Å². The average Bonchev–Trinajstić information content (AvgIpc) is 2.93. The van der Waals surface area contributed by atoms with Crippen LogP contribution < -0.4 is 9.47 Å². The average molecular weight is 371 g/mol. The van der Waals surface area contributed by atoms with E-state index in [0.29, 0.717) is 6.42 Å². The number of esters is 1. The second kappa shape index (κ2) is 6.86. The predicted molar refractivity (Wildman–Crippen MR) is 103 cm³/mol. The molecule has 1 aromatic carbocycles. The third-order valence-electron chi connectivity index (χ3n) is 6.41. The van der Waals surface area contributed by atoms with Gasteiger partial charge in [0.05, 0.1) is 18.4 Å². The van der Waals surface area contributed by atoms with Crippen molar-refractivity contribution >= 4 is 5.97 Å². The minimum Gasteiger partial charge on any atom is -0.493 e. The minimum absolute atomic E-state index is 0.0335. The maximum absolute atomic E-state index is 12.2. The van der Waals surface area contributed by atoms with Gasteiger partial charge in [0.15, 0.2) is 11.5 Å². The molecule has 0 saturated heterocycles. The maximum Gasteiger partial charge on any atom is 0.309 e. The summed E-state index contributed by atoms with van der Waals surface area (Å²) in [6.07, 6.45) is 6.51. The Balaban J connectivity index is 1.70. The molecule has 27 heavy (non-hydrogen) atoms. The van der Waals surface area contributed by atoms with Crippen molar-refractivity contribution in [2.75, 3.05) is 20.7 Å². The van der Waals surface area contributed by atoms with E-state index < -0.39 is 0 Å². The molecule has 1 spiro atoms. The van der Waals surface area contributed by atoms with Crippen molar-refractivity contribution in [3.8, 4) is 11.5 Å². The highest BCUT2D eigenvalue weighted by Crippen LogP contribution is 2.55. The molecule has 3 aliphatic rings. The molecule has 5 nitrogen and oxygen atoms in total. The van der Waals surface area contributed by atoms with E-state index in [0.717, 1.165) is 37.4 Å². The SMILES string of the molecule is CC[C@@H](C)C(=O)O[C@H]1C=C[C@@]23CCN(C)Cc4ccc(OC)c(c42)OC3C1. The first-order chi connectivity index (χ1) is 13.0. The number of hydrogen-bond donors (Lipinski definition) is 0. The third kappa shape index (κ3) is 2.92. The number of benzene rings is 1. The van der Waals surface area contributed by atoms with Crippen LogP contribution in [0.5, 0.6) is 11.5 Å². The van der Waals surface area contributed by atoms with Crippen molar-refractivity contribution < 1.29 is 19.0 Å². The number of ether oxygens (including phenoxy) is 3. The van der Waals surface area contributed by atoms with E-state index in [4.69, 9.17) is 14.2 Å². The van der Waals surface area contributed by atoms with Gasteiger partial charge in [-0.05, 0) is 44.1 Å². The zero-order chi connectivity index (χ0) is 19.2. The lowest BCUT2D eigenvalue weighted by Crippen LogP contribution is -2.44. The summed E-state index contributed by atoms with van der Waals surface area (Å²) in [5, 5.41) is 0. The Labute approximate surface area is 161 Å². The van der Waals surface area contributed by atoms with E-state index in [1.54, 1.807) is 7.11 Å². The van der Waals surface area contributed by atoms with Crippen LogP contribution in [0.15, 0.2) is 24.3 Å². The fraction of sp³-hybridized carbons (Fsp3) is 0.591. The van der Waals surface area contributed by atoms with Crippen LogP contribution in [-0.4, -0.2) is 43.8 Å². The van der Waals surface area contributed by atoms with Gasteiger partial charge in [0.1, 0.15) is 12.2 Å². The molecule has 0 amide bonds. The van der Waals surface area contributed by atoms with E-state index in [-0.39, 0.29) is 29.5 Å². The van der Waals surface area contributed by atoms with Gasteiger partial charge in [0.25, 0.3) is 0 Å². The number of carbonyl (C=O) groups excluding carboxylic acids is 1. The zero-order valence-electron chi connectivity index (χ0n) is 16.7. The normalized spacial score (nSPS) is 29.9. The van der Waals surface area contributed by atoms with E-state index in [9.17, 15) is 4.79 Å². The highest BCUT2D eigenvalue weighted by molar-refractivity contribution is 5.72. The van der Waals surface area contributed by atoms with Crippen LogP contribution in [0.2, 0.25) is 0 Å². The van der Waals surface area contributed by atoms with Gasteiger partial charge in [-0.1, -0.05) is 26.0 Å². The van der Waals surface area contributed by atoms with Gasteiger partial charge in [0, 0.05) is 18.5 Å². The molecule has 4 rings (SSSR count). The lowest BCUT2D eigenvalue weighted by molar-refractivity contribution is -0.152. The summed E-state index contributed by atoms with van der Waals surface area (Å²) >= 11 is 0. The highest BCUT2D eigenvalue weighted by atomic mass is 16.6. The molecule has 146 valence electrons.